The first-order chi connectivity index (χ1) is 11.1. The average molecular weight is 372 g/mol. The monoisotopic (exact) mass is 371 g/mol. The van der Waals surface area contributed by atoms with Gasteiger partial charge >= 0.3 is 0 Å². The lowest BCUT2D eigenvalue weighted by molar-refractivity contribution is 0.0979. The van der Waals surface area contributed by atoms with Crippen LogP contribution in [0.15, 0.2) is 40.9 Å². The number of rotatable bonds is 4. The first kappa shape index (κ1) is 15.9. The maximum absolute atomic E-state index is 13.0. The van der Waals surface area contributed by atoms with E-state index in [2.05, 4.69) is 35.1 Å². The highest BCUT2D eigenvalue weighted by atomic mass is 79.9. The summed E-state index contributed by atoms with van der Waals surface area (Å²) >= 11 is 3.44. The van der Waals surface area contributed by atoms with Gasteiger partial charge in [-0.05, 0) is 25.0 Å². The minimum atomic E-state index is -0.102. The lowest BCUT2D eigenvalue weighted by Gasteiger charge is -2.24. The molecule has 118 valence electrons. The third-order valence-corrected chi connectivity index (χ3v) is 5.03. The number of halogens is 1. The lowest BCUT2D eigenvalue weighted by Crippen LogP contribution is -2.25. The maximum Gasteiger partial charge on any atom is 0.196 e. The van der Waals surface area contributed by atoms with Crippen LogP contribution in [-0.4, -0.2) is 17.6 Å². The van der Waals surface area contributed by atoms with Crippen LogP contribution in [0, 0.1) is 0 Å². The largest absolute Gasteiger partial charge is 0.382 e. The van der Waals surface area contributed by atoms with Crippen molar-refractivity contribution in [3.8, 4) is 0 Å². The van der Waals surface area contributed by atoms with Gasteiger partial charge < -0.3 is 5.32 Å². The highest BCUT2D eigenvalue weighted by Gasteiger charge is 2.33. The van der Waals surface area contributed by atoms with E-state index in [0.29, 0.717) is 26.7 Å². The Kier molecular flexibility index (Phi) is 4.35. The molecule has 0 heterocycles. The number of fused-ring (bicyclic) bond motifs is 2. The van der Waals surface area contributed by atoms with Gasteiger partial charge in [0.2, 0.25) is 0 Å². The number of benzene rings is 2. The molecule has 3 rings (SSSR count). The van der Waals surface area contributed by atoms with Crippen LogP contribution in [-0.2, 0) is 0 Å². The molecule has 0 spiro atoms. The molecule has 4 heteroatoms. The van der Waals surface area contributed by atoms with Gasteiger partial charge in [0.1, 0.15) is 0 Å². The first-order valence-electron chi connectivity index (χ1n) is 7.85. The van der Waals surface area contributed by atoms with Gasteiger partial charge in [0.25, 0.3) is 0 Å². The van der Waals surface area contributed by atoms with E-state index in [4.69, 9.17) is 0 Å². The van der Waals surface area contributed by atoms with Gasteiger partial charge in [0.15, 0.2) is 11.6 Å². The minimum absolute atomic E-state index is 0.0926. The summed E-state index contributed by atoms with van der Waals surface area (Å²) in [4.78, 5) is 25.8. The second kappa shape index (κ2) is 6.28. The van der Waals surface area contributed by atoms with Crippen LogP contribution in [0.3, 0.4) is 0 Å². The van der Waals surface area contributed by atoms with E-state index in [1.54, 1.807) is 24.3 Å². The molecule has 0 aromatic heterocycles. The van der Waals surface area contributed by atoms with E-state index in [0.717, 1.165) is 18.5 Å². The zero-order valence-electron chi connectivity index (χ0n) is 13.2. The van der Waals surface area contributed by atoms with Gasteiger partial charge in [-0.15, -0.1) is 0 Å². The minimum Gasteiger partial charge on any atom is -0.382 e. The Morgan fingerprint density at radius 1 is 0.913 bits per heavy atom. The highest BCUT2D eigenvalue weighted by molar-refractivity contribution is 9.10. The predicted octanol–water partition coefficient (Wildman–Crippen LogP) is 4.83. The summed E-state index contributed by atoms with van der Waals surface area (Å²) in [6.07, 6.45) is 1.92. The third-order valence-electron chi connectivity index (χ3n) is 4.37. The topological polar surface area (TPSA) is 46.2 Å². The van der Waals surface area contributed by atoms with Gasteiger partial charge in [-0.25, -0.2) is 0 Å². The quantitative estimate of drug-likeness (QED) is 0.714. The molecule has 0 fully saturated rings. The van der Waals surface area contributed by atoms with Gasteiger partial charge in [-0.1, -0.05) is 54.0 Å². The Morgan fingerprint density at radius 3 is 2.04 bits per heavy atom. The molecule has 3 nitrogen and oxygen atoms in total. The number of anilines is 1. The first-order valence-corrected chi connectivity index (χ1v) is 8.65. The molecule has 1 N–H and O–H groups in total. The van der Waals surface area contributed by atoms with E-state index in [-0.39, 0.29) is 17.6 Å². The summed E-state index contributed by atoms with van der Waals surface area (Å²) in [6.45, 7) is 4.21. The fraction of sp³-hybridized carbons (Fsp3) is 0.263. The summed E-state index contributed by atoms with van der Waals surface area (Å²) in [5.41, 5.74) is 2.64. The molecular weight excluding hydrogens is 354 g/mol. The molecule has 1 aliphatic carbocycles. The van der Waals surface area contributed by atoms with Crippen molar-refractivity contribution in [2.24, 2.45) is 0 Å². The summed E-state index contributed by atoms with van der Waals surface area (Å²) in [5.74, 6) is -0.194. The van der Waals surface area contributed by atoms with Gasteiger partial charge in [-0.2, -0.15) is 0 Å². The normalized spacial score (nSPS) is 13.0. The third kappa shape index (κ3) is 2.61. The summed E-state index contributed by atoms with van der Waals surface area (Å²) in [6, 6.07) is 11.0. The Hall–Kier alpha value is -1.94. The number of ketones is 2. The van der Waals surface area contributed by atoms with Gasteiger partial charge in [-0.3, -0.25) is 9.59 Å². The van der Waals surface area contributed by atoms with E-state index in [9.17, 15) is 9.59 Å². The average Bonchev–Trinajstić information content (AvgIpc) is 2.58. The molecular formula is C19H18BrNO2. The molecule has 0 amide bonds. The standard InChI is InChI=1S/C19H18BrNO2/c1-3-11(4-2)21-15-10-9-14(20)16-17(15)19(23)13-8-6-5-7-12(13)18(16)22/h5-11,21H,3-4H2,1-2H3. The lowest BCUT2D eigenvalue weighted by atomic mass is 9.83. The fourth-order valence-corrected chi connectivity index (χ4v) is 3.53. The van der Waals surface area contributed by atoms with Crippen molar-refractivity contribution in [1.29, 1.82) is 0 Å². The summed E-state index contributed by atoms with van der Waals surface area (Å²) < 4.78 is 0.662. The van der Waals surface area contributed by atoms with E-state index < -0.39 is 0 Å². The number of hydrogen-bond acceptors (Lipinski definition) is 3. The fourth-order valence-electron chi connectivity index (χ4n) is 3.02. The van der Waals surface area contributed by atoms with Crippen LogP contribution in [0.25, 0.3) is 0 Å². The molecule has 0 saturated heterocycles. The predicted molar refractivity (Wildman–Crippen MR) is 95.4 cm³/mol. The van der Waals surface area contributed by atoms with Crippen molar-refractivity contribution in [1.82, 2.24) is 0 Å². The molecule has 1 aliphatic rings. The molecule has 0 atom stereocenters. The highest BCUT2D eigenvalue weighted by Crippen LogP contribution is 2.36. The number of carbonyl (C=O) groups excluding carboxylic acids is 2. The Balaban J connectivity index is 2.19. The zero-order valence-corrected chi connectivity index (χ0v) is 14.7. The zero-order chi connectivity index (χ0) is 16.6. The molecule has 0 bridgehead atoms. The van der Waals surface area contributed by atoms with Crippen LogP contribution in [0.2, 0.25) is 0 Å². The number of nitrogens with one attached hydrogen (secondary N) is 1. The van der Waals surface area contributed by atoms with Crippen molar-refractivity contribution in [3.63, 3.8) is 0 Å². The van der Waals surface area contributed by atoms with Gasteiger partial charge in [0.05, 0.1) is 5.56 Å². The maximum atomic E-state index is 13.0. The molecule has 23 heavy (non-hydrogen) atoms. The molecule has 0 aliphatic heterocycles. The summed E-state index contributed by atoms with van der Waals surface area (Å²) in [5, 5.41) is 3.42. The SMILES string of the molecule is CCC(CC)Nc1ccc(Br)c2c1C(=O)c1ccccc1C2=O. The summed E-state index contributed by atoms with van der Waals surface area (Å²) in [7, 11) is 0. The van der Waals surface area contributed by atoms with E-state index in [1.165, 1.54) is 0 Å². The van der Waals surface area contributed by atoms with Crippen molar-refractivity contribution in [3.05, 3.63) is 63.1 Å². The smallest absolute Gasteiger partial charge is 0.196 e. The van der Waals surface area contributed by atoms with E-state index >= 15 is 0 Å². The van der Waals surface area contributed by atoms with Crippen LogP contribution in [0.4, 0.5) is 5.69 Å². The Morgan fingerprint density at radius 2 is 1.48 bits per heavy atom. The van der Waals surface area contributed by atoms with E-state index in [1.807, 2.05) is 12.1 Å². The Labute approximate surface area is 144 Å². The van der Waals surface area contributed by atoms with Crippen molar-refractivity contribution >= 4 is 33.2 Å². The molecule has 2 aromatic rings. The molecule has 0 saturated carbocycles. The van der Waals surface area contributed by atoms with Crippen molar-refractivity contribution in [2.45, 2.75) is 32.7 Å². The molecule has 0 radical (unpaired) electrons. The van der Waals surface area contributed by atoms with Crippen molar-refractivity contribution in [2.75, 3.05) is 5.32 Å². The number of hydrogen-bond donors (Lipinski definition) is 1. The van der Waals surface area contributed by atoms with Crippen molar-refractivity contribution < 1.29 is 9.59 Å². The van der Waals surface area contributed by atoms with Crippen LogP contribution in [0.5, 0.6) is 0 Å². The van der Waals surface area contributed by atoms with Crippen LogP contribution in [0.1, 0.15) is 58.5 Å². The van der Waals surface area contributed by atoms with Crippen LogP contribution < -0.4 is 5.32 Å². The van der Waals surface area contributed by atoms with Gasteiger partial charge in [0, 0.05) is 32.9 Å². The molecule has 0 unspecified atom stereocenters. The second-order valence-electron chi connectivity index (χ2n) is 5.71. The molecule has 2 aromatic carbocycles. The second-order valence-corrected chi connectivity index (χ2v) is 6.56. The Bertz CT molecular complexity index is 794. The van der Waals surface area contributed by atoms with Crippen LogP contribution >= 0.6 is 15.9 Å². The number of carbonyl (C=O) groups is 2.